The molecule has 1 amide bonds. The third kappa shape index (κ3) is 51.1. The summed E-state index contributed by atoms with van der Waals surface area (Å²) < 4.78 is 30.5. The fourth-order valence-electron chi connectivity index (χ4n) is 7.28. The number of likely N-dealkylation sites (N-methyl/N-ethyl adjacent to an activating group) is 1. The van der Waals surface area contributed by atoms with E-state index in [1.807, 2.05) is 94.1 Å². The topological polar surface area (TPSA) is 111 Å². The standard InChI is InChI=1S/C61H103N2O7P/c1-7-10-13-16-19-22-25-28-30-32-34-36-39-42-45-48-51-54-61(65)70-59(52-49-46-43-40-37-27-24-21-18-15-12-9-3)58(57-69-71(66,67)68-56-55-63(4,5)6)62-60(64)53-50-47-44-41-38-35-33-31-29-26-23-20-17-14-11-8-2/h10-11,13-14,16,19-20,22-23,25,28-32,34,36,39,49,52,58-59H,7-9,12,15,17-18,21,24,26-27,33,35,37-38,40-48,50-51,53-57H2,1-6H3,(H-,62,64,66,67)/p+1/b13-10-,14-11+,19-16+,23-20+,25-22+,30-28-,31-29+,34-32+,39-36+,52-49+. The Morgan fingerprint density at radius 2 is 0.972 bits per heavy atom. The molecule has 0 heterocycles. The van der Waals surface area contributed by atoms with Gasteiger partial charge in [0.1, 0.15) is 19.3 Å². The van der Waals surface area contributed by atoms with E-state index in [0.29, 0.717) is 23.9 Å². The molecule has 9 nitrogen and oxygen atoms in total. The van der Waals surface area contributed by atoms with Gasteiger partial charge in [0.15, 0.2) is 0 Å². The number of carbonyl (C=O) groups is 2. The van der Waals surface area contributed by atoms with Gasteiger partial charge in [0.05, 0.1) is 33.8 Å². The van der Waals surface area contributed by atoms with Crippen molar-refractivity contribution in [1.82, 2.24) is 5.32 Å². The van der Waals surface area contributed by atoms with Crippen LogP contribution in [-0.2, 0) is 27.9 Å². The van der Waals surface area contributed by atoms with Gasteiger partial charge in [-0.05, 0) is 83.1 Å². The molecule has 0 fully saturated rings. The molecule has 0 rings (SSSR count). The SMILES string of the molecule is CC\C=C/C=C/C=C/C=C\C=C\C=C\CCCCCC(=O)OC(/C=C/CCCCCCCCCCCC)C(COP(=O)(O)OCC[N+](C)(C)C)NC(=O)CCCCCCCC/C=C/C/C=C/C/C=C/CC. The van der Waals surface area contributed by atoms with E-state index in [-0.39, 0.29) is 31.5 Å². The molecule has 0 saturated carbocycles. The Morgan fingerprint density at radius 3 is 1.54 bits per heavy atom. The highest BCUT2D eigenvalue weighted by molar-refractivity contribution is 7.47. The molecule has 0 aliphatic heterocycles. The fourth-order valence-corrected chi connectivity index (χ4v) is 8.01. The summed E-state index contributed by atoms with van der Waals surface area (Å²) >= 11 is 0. The van der Waals surface area contributed by atoms with E-state index in [4.69, 9.17) is 13.8 Å². The summed E-state index contributed by atoms with van der Waals surface area (Å²) in [5.41, 5.74) is 0. The number of phosphoric acid groups is 1. The quantitative estimate of drug-likeness (QED) is 0.0156. The minimum atomic E-state index is -4.47. The smallest absolute Gasteiger partial charge is 0.456 e. The number of amides is 1. The van der Waals surface area contributed by atoms with Gasteiger partial charge in [-0.2, -0.15) is 0 Å². The van der Waals surface area contributed by atoms with E-state index in [9.17, 15) is 19.0 Å². The van der Waals surface area contributed by atoms with Gasteiger partial charge < -0.3 is 19.4 Å². The lowest BCUT2D eigenvalue weighted by atomic mass is 10.0. The molecule has 404 valence electrons. The Kier molecular flexibility index (Phi) is 47.4. The van der Waals surface area contributed by atoms with Crippen LogP contribution >= 0.6 is 7.82 Å². The highest BCUT2D eigenvalue weighted by Gasteiger charge is 2.30. The number of nitrogens with one attached hydrogen (secondary N) is 1. The van der Waals surface area contributed by atoms with Crippen LogP contribution in [0.3, 0.4) is 0 Å². The van der Waals surface area contributed by atoms with Crippen molar-refractivity contribution in [3.05, 3.63) is 122 Å². The normalized spacial score (nSPS) is 14.7. The zero-order valence-corrected chi connectivity index (χ0v) is 46.8. The molecule has 0 radical (unpaired) electrons. The second-order valence-electron chi connectivity index (χ2n) is 19.5. The Morgan fingerprint density at radius 1 is 0.521 bits per heavy atom. The molecule has 71 heavy (non-hydrogen) atoms. The molecule has 10 heteroatoms. The highest BCUT2D eigenvalue weighted by atomic mass is 31.2. The lowest BCUT2D eigenvalue weighted by molar-refractivity contribution is -0.870. The number of phosphoric ester groups is 1. The number of nitrogens with zero attached hydrogens (tertiary/aromatic N) is 1. The van der Waals surface area contributed by atoms with Gasteiger partial charge in [0.25, 0.3) is 0 Å². The van der Waals surface area contributed by atoms with Crippen LogP contribution in [0, 0.1) is 0 Å². The molecule has 3 unspecified atom stereocenters. The maximum Gasteiger partial charge on any atom is 0.472 e. The van der Waals surface area contributed by atoms with Crippen molar-refractivity contribution in [2.45, 2.75) is 213 Å². The molecule has 0 aromatic carbocycles. The van der Waals surface area contributed by atoms with Gasteiger partial charge in [0, 0.05) is 12.8 Å². The van der Waals surface area contributed by atoms with Crippen molar-refractivity contribution >= 4 is 19.7 Å². The largest absolute Gasteiger partial charge is 0.472 e. The minimum absolute atomic E-state index is 0.0227. The van der Waals surface area contributed by atoms with Crippen LogP contribution in [0.1, 0.15) is 201 Å². The van der Waals surface area contributed by atoms with Crippen LogP contribution in [-0.4, -0.2) is 74.3 Å². The van der Waals surface area contributed by atoms with Crippen LogP contribution in [0.15, 0.2) is 122 Å². The van der Waals surface area contributed by atoms with E-state index in [0.717, 1.165) is 109 Å². The van der Waals surface area contributed by atoms with E-state index in [1.165, 1.54) is 51.4 Å². The summed E-state index contributed by atoms with van der Waals surface area (Å²) in [6, 6.07) is -0.881. The summed E-state index contributed by atoms with van der Waals surface area (Å²) in [4.78, 5) is 37.6. The molecule has 0 spiro atoms. The number of esters is 1. The van der Waals surface area contributed by atoms with E-state index < -0.39 is 20.0 Å². The summed E-state index contributed by atoms with van der Waals surface area (Å²) in [5.74, 6) is -0.583. The Bertz CT molecular complexity index is 1630. The van der Waals surface area contributed by atoms with E-state index >= 15 is 0 Å². The average molecular weight is 1010 g/mol. The number of allylic oxidation sites excluding steroid dienone is 19. The van der Waals surface area contributed by atoms with Crippen molar-refractivity contribution < 1.29 is 37.3 Å². The van der Waals surface area contributed by atoms with Crippen molar-refractivity contribution in [2.75, 3.05) is 40.9 Å². The molecule has 0 aliphatic carbocycles. The Labute approximate surface area is 435 Å². The summed E-state index contributed by atoms with van der Waals surface area (Å²) in [6.07, 6.45) is 69.0. The Hall–Kier alpha value is -3.59. The number of unbranched alkanes of at least 4 members (excludes halogenated alkanes) is 19. The maximum absolute atomic E-state index is 13.5. The average Bonchev–Trinajstić information content (AvgIpc) is 3.33. The minimum Gasteiger partial charge on any atom is -0.456 e. The zero-order chi connectivity index (χ0) is 52.2. The third-order valence-electron chi connectivity index (χ3n) is 11.6. The van der Waals surface area contributed by atoms with Crippen molar-refractivity contribution in [2.24, 2.45) is 0 Å². The summed E-state index contributed by atoms with van der Waals surface area (Å²) in [6.45, 7) is 6.68. The van der Waals surface area contributed by atoms with Gasteiger partial charge in [-0.15, -0.1) is 0 Å². The number of quaternary nitrogens is 1. The molecule has 0 bridgehead atoms. The number of hydrogen-bond donors (Lipinski definition) is 2. The first-order valence-electron chi connectivity index (χ1n) is 27.9. The van der Waals surface area contributed by atoms with E-state index in [1.54, 1.807) is 0 Å². The van der Waals surface area contributed by atoms with Gasteiger partial charge in [-0.25, -0.2) is 4.57 Å². The molecule has 2 N–H and O–H groups in total. The summed E-state index contributed by atoms with van der Waals surface area (Å²) in [7, 11) is 1.44. The number of rotatable bonds is 48. The van der Waals surface area contributed by atoms with Gasteiger partial charge >= 0.3 is 13.8 Å². The van der Waals surface area contributed by atoms with Crippen molar-refractivity contribution in [3.8, 4) is 0 Å². The fraction of sp³-hybridized carbons (Fsp3) is 0.639. The molecular weight excluding hydrogens is 904 g/mol. The first-order valence-corrected chi connectivity index (χ1v) is 29.4. The molecule has 0 saturated heterocycles. The van der Waals surface area contributed by atoms with Gasteiger partial charge in [0.2, 0.25) is 5.91 Å². The van der Waals surface area contributed by atoms with Crippen LogP contribution in [0.5, 0.6) is 0 Å². The number of hydrogen-bond acceptors (Lipinski definition) is 6. The van der Waals surface area contributed by atoms with Crippen molar-refractivity contribution in [3.63, 3.8) is 0 Å². The lowest BCUT2D eigenvalue weighted by Crippen LogP contribution is -2.47. The molecule has 0 aliphatic rings. The summed E-state index contributed by atoms with van der Waals surface area (Å²) in [5, 5.41) is 3.02. The highest BCUT2D eigenvalue weighted by Crippen LogP contribution is 2.43. The predicted octanol–water partition coefficient (Wildman–Crippen LogP) is 16.8. The molecule has 0 aromatic rings. The maximum atomic E-state index is 13.5. The van der Waals surface area contributed by atoms with Crippen LogP contribution < -0.4 is 5.32 Å². The molecule has 0 aromatic heterocycles. The zero-order valence-electron chi connectivity index (χ0n) is 45.9. The monoisotopic (exact) mass is 1010 g/mol. The number of ether oxygens (including phenoxy) is 1. The molecule has 3 atom stereocenters. The predicted molar refractivity (Wildman–Crippen MR) is 304 cm³/mol. The molecular formula is C61H104N2O7P+. The second-order valence-corrected chi connectivity index (χ2v) is 20.9. The van der Waals surface area contributed by atoms with Crippen molar-refractivity contribution in [1.29, 1.82) is 0 Å². The third-order valence-corrected chi connectivity index (χ3v) is 12.5. The first-order chi connectivity index (χ1) is 34.4. The lowest BCUT2D eigenvalue weighted by Gasteiger charge is -2.27. The second kappa shape index (κ2) is 50.0. The Balaban J connectivity index is 5.50. The number of carbonyl (C=O) groups excluding carboxylic acids is 2. The van der Waals surface area contributed by atoms with Gasteiger partial charge in [-0.1, -0.05) is 226 Å². The van der Waals surface area contributed by atoms with E-state index in [2.05, 4.69) is 74.7 Å². The first kappa shape index (κ1) is 67.4. The van der Waals surface area contributed by atoms with Gasteiger partial charge in [-0.3, -0.25) is 18.6 Å². The van der Waals surface area contributed by atoms with Crippen LogP contribution in [0.2, 0.25) is 0 Å². The van der Waals surface area contributed by atoms with Crippen LogP contribution in [0.25, 0.3) is 0 Å². The van der Waals surface area contributed by atoms with Crippen LogP contribution in [0.4, 0.5) is 0 Å².